The second-order valence-corrected chi connectivity index (χ2v) is 32.5. The fourth-order valence-electron chi connectivity index (χ4n) is 19.1. The zero-order valence-corrected chi connectivity index (χ0v) is 62.9. The molecule has 23 rings (SSSR count). The van der Waals surface area contributed by atoms with Crippen molar-refractivity contribution in [3.05, 3.63) is 398 Å². The molecule has 0 N–H and O–H groups in total. The Kier molecular flexibility index (Phi) is 14.6. The second-order valence-electron chi connectivity index (χ2n) is 31.4. The quantitative estimate of drug-likeness (QED) is 0.164. The molecule has 3 heteroatoms. The summed E-state index contributed by atoms with van der Waals surface area (Å²) in [6, 6.07) is 140. The van der Waals surface area contributed by atoms with E-state index >= 15 is 0 Å². The van der Waals surface area contributed by atoms with E-state index in [1.54, 1.807) is 0 Å². The largest absolute Gasteiger partial charge is 0.309 e. The summed E-state index contributed by atoms with van der Waals surface area (Å²) < 4.78 is 2.63. The van der Waals surface area contributed by atoms with Gasteiger partial charge >= 0.3 is 0 Å². The van der Waals surface area contributed by atoms with Gasteiger partial charge in [0, 0.05) is 64.6 Å². The number of hydrogen-bond acceptors (Lipinski definition) is 3. The van der Waals surface area contributed by atoms with Gasteiger partial charge < -0.3 is 9.80 Å². The highest BCUT2D eigenvalue weighted by molar-refractivity contribution is 7.25. The third-order valence-electron chi connectivity index (χ3n) is 24.5. The number of rotatable bonds is 6. The van der Waals surface area contributed by atoms with Crippen LogP contribution in [-0.4, -0.2) is 0 Å². The van der Waals surface area contributed by atoms with Crippen molar-refractivity contribution in [3.63, 3.8) is 0 Å². The lowest BCUT2D eigenvalue weighted by atomic mass is 9.81. The third kappa shape index (κ3) is 10.2. The van der Waals surface area contributed by atoms with Crippen molar-refractivity contribution in [1.82, 2.24) is 0 Å². The van der Waals surface area contributed by atoms with Crippen LogP contribution in [0.15, 0.2) is 376 Å². The van der Waals surface area contributed by atoms with E-state index in [-0.39, 0.29) is 10.8 Å². The number of thiophene rings is 1. The normalized spacial score (nSPS) is 13.5. The Morgan fingerprint density at radius 2 is 0.550 bits per heavy atom. The molecule has 522 valence electrons. The van der Waals surface area contributed by atoms with Crippen molar-refractivity contribution in [1.29, 1.82) is 0 Å². The van der Waals surface area contributed by atoms with Crippen LogP contribution in [0.25, 0.3) is 164 Å². The minimum Gasteiger partial charge on any atom is -0.309 e. The van der Waals surface area contributed by atoms with E-state index in [1.807, 2.05) is 11.3 Å². The van der Waals surface area contributed by atoms with Crippen molar-refractivity contribution < 1.29 is 0 Å². The van der Waals surface area contributed by atoms with Crippen LogP contribution in [-0.2, 0) is 10.8 Å². The number of nitrogens with zero attached hydrogens (tertiary/aromatic N) is 2. The van der Waals surface area contributed by atoms with Gasteiger partial charge in [-0.05, 0) is 241 Å². The average Bonchev–Trinajstić information content (AvgIpc) is 1.03. The van der Waals surface area contributed by atoms with Gasteiger partial charge in [0.05, 0.1) is 22.7 Å². The molecule has 19 aromatic rings. The molecule has 0 saturated carbocycles. The van der Waals surface area contributed by atoms with Crippen LogP contribution in [0, 0.1) is 0 Å². The number of para-hydroxylation sites is 4. The minimum atomic E-state index is -0.125. The summed E-state index contributed by atoms with van der Waals surface area (Å²) in [4.78, 5) is 5.01. The van der Waals surface area contributed by atoms with Gasteiger partial charge in [-0.3, -0.25) is 0 Å². The van der Waals surface area contributed by atoms with Crippen LogP contribution in [0.5, 0.6) is 0 Å². The predicted octanol–water partition coefficient (Wildman–Crippen LogP) is 30.7. The summed E-state index contributed by atoms with van der Waals surface area (Å²) in [5.74, 6) is 0. The van der Waals surface area contributed by atoms with E-state index in [1.165, 1.54) is 209 Å². The zero-order chi connectivity index (χ0) is 73.8. The van der Waals surface area contributed by atoms with Gasteiger partial charge in [-0.15, -0.1) is 11.3 Å². The molecule has 3 heterocycles. The van der Waals surface area contributed by atoms with E-state index in [0.717, 1.165) is 11.4 Å². The summed E-state index contributed by atoms with van der Waals surface area (Å²) >= 11 is 1.88. The highest BCUT2D eigenvalue weighted by Gasteiger charge is 2.38. The molecule has 18 aromatic carbocycles. The average molecular weight is 1430 g/mol. The summed E-state index contributed by atoms with van der Waals surface area (Å²) in [5, 5.41) is 10.3. The molecule has 0 amide bonds. The van der Waals surface area contributed by atoms with Crippen LogP contribution in [0.4, 0.5) is 34.1 Å². The number of anilines is 6. The smallest absolute Gasteiger partial charge is 0.0540 e. The zero-order valence-electron chi connectivity index (χ0n) is 62.1. The third-order valence-corrected chi connectivity index (χ3v) is 25.6. The first-order valence-electron chi connectivity index (χ1n) is 38.8. The molecule has 0 saturated heterocycles. The molecule has 0 bridgehead atoms. The van der Waals surface area contributed by atoms with Gasteiger partial charge in [0.25, 0.3) is 0 Å². The molecule has 2 aliphatic carbocycles. The van der Waals surface area contributed by atoms with Crippen molar-refractivity contribution in [2.45, 2.75) is 38.5 Å². The lowest BCUT2D eigenvalue weighted by Gasteiger charge is -2.33. The fourth-order valence-corrected chi connectivity index (χ4v) is 20.3. The maximum absolute atomic E-state index is 2.51. The minimum absolute atomic E-state index is 0.0933. The molecule has 4 aliphatic rings. The first kappa shape index (κ1) is 64.7. The Balaban J connectivity index is 0.000000137. The molecule has 2 aliphatic heterocycles. The van der Waals surface area contributed by atoms with E-state index < -0.39 is 0 Å². The molecule has 2 nitrogen and oxygen atoms in total. The summed E-state index contributed by atoms with van der Waals surface area (Å²) in [6.07, 6.45) is 0. The molecule has 0 unspecified atom stereocenters. The van der Waals surface area contributed by atoms with Crippen molar-refractivity contribution in [2.75, 3.05) is 9.80 Å². The Bertz CT molecular complexity index is 6940. The lowest BCUT2D eigenvalue weighted by Crippen LogP contribution is -2.15. The Morgan fingerprint density at radius 1 is 0.198 bits per heavy atom. The summed E-state index contributed by atoms with van der Waals surface area (Å²) in [6.45, 7) is 9.51. The monoisotopic (exact) mass is 1430 g/mol. The highest BCUT2D eigenvalue weighted by Crippen LogP contribution is 2.57. The van der Waals surface area contributed by atoms with Crippen LogP contribution >= 0.6 is 11.3 Å². The highest BCUT2D eigenvalue weighted by atomic mass is 32.1. The van der Waals surface area contributed by atoms with Crippen LogP contribution in [0.1, 0.15) is 49.9 Å². The van der Waals surface area contributed by atoms with Gasteiger partial charge in [-0.25, -0.2) is 0 Å². The topological polar surface area (TPSA) is 6.48 Å². The van der Waals surface area contributed by atoms with Gasteiger partial charge in [-0.2, -0.15) is 0 Å². The van der Waals surface area contributed by atoms with E-state index in [0.29, 0.717) is 0 Å². The van der Waals surface area contributed by atoms with Gasteiger partial charge in [0.1, 0.15) is 0 Å². The standard InChI is InChI=1S/C55H37NS.C53H37N/c1-55(2)48-21-7-3-15-40(48)41-27-25-35(32-49(41)55)37-29-38(36-26-28-45-44-18-6-10-24-52(44)57-53(45)33-36)31-39(30-37)56-50-22-8-4-16-42(50)46-19-11-13-34-14-12-20-47(54(34)46)43-17-5-9-23-51(43)56;1-53(2)48-33-38(26-27-42(48)47-31-36-16-6-7-17-37(36)32-49(47)53)40-28-39(34-14-4-3-5-15-34)29-41(30-40)54-50-24-10-8-20-43(50)45-22-12-18-35-19-13-23-46(52(35)45)44-21-9-11-25-51(44)54/h3-33H,1-2H3;3-33H,1-2H3. The molecular formula is C108H74N2S. The van der Waals surface area contributed by atoms with Crippen molar-refractivity contribution in [2.24, 2.45) is 0 Å². The molecule has 0 fully saturated rings. The van der Waals surface area contributed by atoms with E-state index in [2.05, 4.69) is 414 Å². The van der Waals surface area contributed by atoms with E-state index in [9.17, 15) is 0 Å². The van der Waals surface area contributed by atoms with Gasteiger partial charge in [-0.1, -0.05) is 307 Å². The molecule has 0 radical (unpaired) electrons. The predicted molar refractivity (Wildman–Crippen MR) is 473 cm³/mol. The molecule has 0 spiro atoms. The van der Waals surface area contributed by atoms with Crippen LogP contribution in [0.2, 0.25) is 0 Å². The Hall–Kier alpha value is -13.4. The number of benzene rings is 18. The summed E-state index contributed by atoms with van der Waals surface area (Å²) in [7, 11) is 0. The van der Waals surface area contributed by atoms with Crippen LogP contribution < -0.4 is 9.80 Å². The van der Waals surface area contributed by atoms with Crippen molar-refractivity contribution >= 4 is 98.0 Å². The van der Waals surface area contributed by atoms with Gasteiger partial charge in [0.2, 0.25) is 0 Å². The summed E-state index contributed by atoms with van der Waals surface area (Å²) in [5.41, 5.74) is 37.2. The molecule has 1 aromatic heterocycles. The molecule has 0 atom stereocenters. The first-order chi connectivity index (χ1) is 54.5. The Morgan fingerprint density at radius 3 is 1.06 bits per heavy atom. The number of fused-ring (bicyclic) bond motifs is 18. The number of hydrogen-bond donors (Lipinski definition) is 0. The molecular weight excluding hydrogens is 1360 g/mol. The van der Waals surface area contributed by atoms with Crippen molar-refractivity contribution in [3.8, 4) is 111 Å². The van der Waals surface area contributed by atoms with Crippen LogP contribution in [0.3, 0.4) is 0 Å². The second kappa shape index (κ2) is 25.1. The SMILES string of the molecule is CC1(C)c2cc(-c3cc(-c4ccccc4)cc(N4c5ccccc5-c5cccc6cccc(c56)-c5ccccc54)c3)ccc2-c2cc3ccccc3cc21.CC1(C)c2ccccc2-c2ccc(-c3cc(-c4ccc5c(c4)sc4ccccc45)cc(N4c5ccccc5-c5cccc6cccc(c56)-c5ccccc54)c3)cc21. The molecule has 111 heavy (non-hydrogen) atoms. The first-order valence-corrected chi connectivity index (χ1v) is 39.6. The van der Waals surface area contributed by atoms with E-state index in [4.69, 9.17) is 0 Å². The lowest BCUT2D eigenvalue weighted by molar-refractivity contribution is 0.660. The maximum Gasteiger partial charge on any atom is 0.0540 e. The van der Waals surface area contributed by atoms with Gasteiger partial charge in [0.15, 0.2) is 0 Å². The maximum atomic E-state index is 2.51. The Labute approximate surface area is 651 Å². The fraction of sp³-hybridized carbons (Fsp3) is 0.0556.